The Morgan fingerprint density at radius 2 is 2.00 bits per heavy atom. The molecular weight excluding hydrogens is 212 g/mol. The second-order valence-corrected chi connectivity index (χ2v) is 4.88. The van der Waals surface area contributed by atoms with E-state index in [1.165, 1.54) is 0 Å². The Labute approximate surface area is 102 Å². The summed E-state index contributed by atoms with van der Waals surface area (Å²) < 4.78 is 5.71. The molecule has 92 valence electrons. The summed E-state index contributed by atoms with van der Waals surface area (Å²) in [6.45, 7) is 4.00. The number of para-hydroxylation sites is 1. The smallest absolute Gasteiger partial charge is 0.136 e. The van der Waals surface area contributed by atoms with Gasteiger partial charge in [0.15, 0.2) is 0 Å². The van der Waals surface area contributed by atoms with Crippen LogP contribution in [-0.2, 0) is 5.60 Å². The first-order chi connectivity index (χ1) is 8.13. The predicted octanol–water partition coefficient (Wildman–Crippen LogP) is 4.22. The van der Waals surface area contributed by atoms with Gasteiger partial charge in [-0.05, 0) is 25.5 Å². The first kappa shape index (κ1) is 12.2. The van der Waals surface area contributed by atoms with E-state index in [9.17, 15) is 5.11 Å². The van der Waals surface area contributed by atoms with Gasteiger partial charge in [0, 0.05) is 5.39 Å². The third kappa shape index (κ3) is 2.70. The molecule has 0 bridgehead atoms. The van der Waals surface area contributed by atoms with Crippen LogP contribution in [-0.4, -0.2) is 5.11 Å². The van der Waals surface area contributed by atoms with E-state index in [-0.39, 0.29) is 0 Å². The van der Waals surface area contributed by atoms with Crippen molar-refractivity contribution in [3.8, 4) is 0 Å². The summed E-state index contributed by atoms with van der Waals surface area (Å²) >= 11 is 0. The number of fused-ring (bicyclic) bond motifs is 1. The highest BCUT2D eigenvalue weighted by Gasteiger charge is 2.26. The van der Waals surface area contributed by atoms with Gasteiger partial charge in [-0.25, -0.2) is 0 Å². The molecule has 0 fully saturated rings. The minimum atomic E-state index is -0.853. The van der Waals surface area contributed by atoms with E-state index in [2.05, 4.69) is 6.92 Å². The summed E-state index contributed by atoms with van der Waals surface area (Å²) in [7, 11) is 0. The zero-order valence-electron chi connectivity index (χ0n) is 10.6. The molecule has 0 aliphatic rings. The highest BCUT2D eigenvalue weighted by molar-refractivity contribution is 5.77. The minimum Gasteiger partial charge on any atom is -0.458 e. The third-order valence-electron chi connectivity index (χ3n) is 3.22. The van der Waals surface area contributed by atoms with Crippen LogP contribution in [0.5, 0.6) is 0 Å². The standard InChI is InChI=1S/C15H20O2/c1-3-4-7-10-15(2,16)14-11-12-8-5-6-9-13(12)17-14/h5-6,8-9,11,16H,3-4,7,10H2,1-2H3. The first-order valence-electron chi connectivity index (χ1n) is 6.35. The number of hydrogen-bond donors (Lipinski definition) is 1. The monoisotopic (exact) mass is 232 g/mol. The van der Waals surface area contributed by atoms with Crippen molar-refractivity contribution >= 4 is 11.0 Å². The SMILES string of the molecule is CCCCCC(C)(O)c1cc2ccccc2o1. The maximum absolute atomic E-state index is 10.4. The molecule has 1 aromatic carbocycles. The Morgan fingerprint density at radius 3 is 2.71 bits per heavy atom. The molecule has 2 heteroatoms. The Balaban J connectivity index is 2.19. The normalized spacial score (nSPS) is 15.0. The molecule has 0 aliphatic heterocycles. The van der Waals surface area contributed by atoms with Gasteiger partial charge in [0.1, 0.15) is 16.9 Å². The number of benzene rings is 1. The molecule has 0 amide bonds. The molecule has 0 saturated heterocycles. The van der Waals surface area contributed by atoms with Crippen molar-refractivity contribution in [3.63, 3.8) is 0 Å². The van der Waals surface area contributed by atoms with Crippen LogP contribution in [0.3, 0.4) is 0 Å². The molecule has 1 aromatic heterocycles. The maximum Gasteiger partial charge on any atom is 0.136 e. The Morgan fingerprint density at radius 1 is 1.24 bits per heavy atom. The van der Waals surface area contributed by atoms with Crippen LogP contribution in [0.4, 0.5) is 0 Å². The molecule has 0 aliphatic carbocycles. The molecule has 1 heterocycles. The van der Waals surface area contributed by atoms with Crippen LogP contribution in [0.2, 0.25) is 0 Å². The summed E-state index contributed by atoms with van der Waals surface area (Å²) in [6, 6.07) is 9.81. The van der Waals surface area contributed by atoms with E-state index in [4.69, 9.17) is 4.42 Å². The van der Waals surface area contributed by atoms with Crippen molar-refractivity contribution in [1.29, 1.82) is 0 Å². The quantitative estimate of drug-likeness (QED) is 0.783. The minimum absolute atomic E-state index is 0.676. The second kappa shape index (κ2) is 4.92. The number of hydrogen-bond acceptors (Lipinski definition) is 2. The van der Waals surface area contributed by atoms with Gasteiger partial charge >= 0.3 is 0 Å². The molecule has 0 spiro atoms. The number of rotatable bonds is 5. The summed E-state index contributed by atoms with van der Waals surface area (Å²) in [4.78, 5) is 0. The lowest BCUT2D eigenvalue weighted by Crippen LogP contribution is -2.19. The topological polar surface area (TPSA) is 33.4 Å². The lowest BCUT2D eigenvalue weighted by atomic mass is 9.95. The molecule has 0 saturated carbocycles. The van der Waals surface area contributed by atoms with Crippen LogP contribution in [0.1, 0.15) is 45.3 Å². The van der Waals surface area contributed by atoms with Gasteiger partial charge in [-0.1, -0.05) is 44.4 Å². The van der Waals surface area contributed by atoms with Gasteiger partial charge in [-0.2, -0.15) is 0 Å². The summed E-state index contributed by atoms with van der Waals surface area (Å²) in [5, 5.41) is 11.5. The zero-order valence-corrected chi connectivity index (χ0v) is 10.6. The molecule has 2 rings (SSSR count). The molecule has 17 heavy (non-hydrogen) atoms. The molecule has 2 nitrogen and oxygen atoms in total. The van der Waals surface area contributed by atoms with E-state index in [0.717, 1.165) is 36.7 Å². The van der Waals surface area contributed by atoms with Crippen molar-refractivity contribution in [2.24, 2.45) is 0 Å². The van der Waals surface area contributed by atoms with Gasteiger partial charge < -0.3 is 9.52 Å². The van der Waals surface area contributed by atoms with Crippen molar-refractivity contribution in [1.82, 2.24) is 0 Å². The number of aliphatic hydroxyl groups is 1. The third-order valence-corrected chi connectivity index (χ3v) is 3.22. The fourth-order valence-electron chi connectivity index (χ4n) is 2.09. The average molecular weight is 232 g/mol. The van der Waals surface area contributed by atoms with Gasteiger partial charge in [0.05, 0.1) is 0 Å². The lowest BCUT2D eigenvalue weighted by molar-refractivity contribution is 0.0243. The molecule has 2 aromatic rings. The van der Waals surface area contributed by atoms with Crippen LogP contribution in [0.25, 0.3) is 11.0 Å². The van der Waals surface area contributed by atoms with Crippen LogP contribution >= 0.6 is 0 Å². The molecule has 1 unspecified atom stereocenters. The van der Waals surface area contributed by atoms with Crippen molar-refractivity contribution in [2.75, 3.05) is 0 Å². The lowest BCUT2D eigenvalue weighted by Gasteiger charge is -2.20. The Kier molecular flexibility index (Phi) is 3.53. The van der Waals surface area contributed by atoms with E-state index in [1.54, 1.807) is 0 Å². The Hall–Kier alpha value is -1.28. The summed E-state index contributed by atoms with van der Waals surface area (Å²) in [6.07, 6.45) is 4.09. The predicted molar refractivity (Wildman–Crippen MR) is 69.9 cm³/mol. The van der Waals surface area contributed by atoms with Gasteiger partial charge in [-0.3, -0.25) is 0 Å². The van der Waals surface area contributed by atoms with Crippen LogP contribution in [0.15, 0.2) is 34.7 Å². The van der Waals surface area contributed by atoms with Crippen LogP contribution in [0, 0.1) is 0 Å². The van der Waals surface area contributed by atoms with Gasteiger partial charge in [0.25, 0.3) is 0 Å². The Bertz CT molecular complexity index is 449. The second-order valence-electron chi connectivity index (χ2n) is 4.88. The molecule has 0 radical (unpaired) electrons. The van der Waals surface area contributed by atoms with Crippen molar-refractivity contribution in [2.45, 2.75) is 45.1 Å². The summed E-state index contributed by atoms with van der Waals surface area (Å²) in [5.41, 5.74) is -0.00737. The van der Waals surface area contributed by atoms with E-state index >= 15 is 0 Å². The van der Waals surface area contributed by atoms with E-state index in [1.807, 2.05) is 37.3 Å². The van der Waals surface area contributed by atoms with E-state index < -0.39 is 5.60 Å². The molecular formula is C15H20O2. The van der Waals surface area contributed by atoms with Gasteiger partial charge in [-0.15, -0.1) is 0 Å². The number of unbranched alkanes of at least 4 members (excludes halogenated alkanes) is 2. The van der Waals surface area contributed by atoms with Crippen molar-refractivity contribution < 1.29 is 9.52 Å². The number of furan rings is 1. The van der Waals surface area contributed by atoms with Gasteiger partial charge in [0.2, 0.25) is 0 Å². The highest BCUT2D eigenvalue weighted by Crippen LogP contribution is 2.31. The van der Waals surface area contributed by atoms with Crippen LogP contribution < -0.4 is 0 Å². The molecule has 1 atom stereocenters. The van der Waals surface area contributed by atoms with Crippen molar-refractivity contribution in [3.05, 3.63) is 36.1 Å². The largest absolute Gasteiger partial charge is 0.458 e. The maximum atomic E-state index is 10.4. The highest BCUT2D eigenvalue weighted by atomic mass is 16.4. The first-order valence-corrected chi connectivity index (χ1v) is 6.35. The zero-order chi connectivity index (χ0) is 12.3. The molecule has 1 N–H and O–H groups in total. The van der Waals surface area contributed by atoms with E-state index in [0.29, 0.717) is 5.76 Å². The summed E-state index contributed by atoms with van der Waals surface area (Å²) in [5.74, 6) is 0.676. The average Bonchev–Trinajstić information content (AvgIpc) is 2.73. The fourth-order valence-corrected chi connectivity index (χ4v) is 2.09. The fraction of sp³-hybridized carbons (Fsp3) is 0.467.